The fraction of sp³-hybridized carbons (Fsp3) is 0.562. The Bertz CT molecular complexity index is 1110. The number of aliphatic hydroxyl groups is 1. The molecule has 41 heavy (non-hydrogen) atoms. The predicted octanol–water partition coefficient (Wildman–Crippen LogP) is 4.47. The Morgan fingerprint density at radius 1 is 1.07 bits per heavy atom. The highest BCUT2D eigenvalue weighted by Crippen LogP contribution is 2.39. The molecule has 0 aliphatic carbocycles. The lowest BCUT2D eigenvalue weighted by molar-refractivity contribution is -0.253. The lowest BCUT2D eigenvalue weighted by atomic mass is 9.99. The number of unbranched alkanes of at least 4 members (excludes halogenated alkanes) is 2. The van der Waals surface area contributed by atoms with Gasteiger partial charge in [0.05, 0.1) is 25.4 Å². The van der Waals surface area contributed by atoms with Gasteiger partial charge in [-0.3, -0.25) is 14.5 Å². The van der Waals surface area contributed by atoms with Gasteiger partial charge in [-0.05, 0) is 55.5 Å². The number of benzene rings is 2. The average Bonchev–Trinajstić information content (AvgIpc) is 3.41. The summed E-state index contributed by atoms with van der Waals surface area (Å²) >= 11 is 0. The Balaban J connectivity index is 1.41. The van der Waals surface area contributed by atoms with Gasteiger partial charge in [0.15, 0.2) is 6.29 Å². The summed E-state index contributed by atoms with van der Waals surface area (Å²) in [5.41, 5.74) is 3.49. The normalized spacial score (nSPS) is 22.9. The molecule has 2 heterocycles. The van der Waals surface area contributed by atoms with Crippen molar-refractivity contribution >= 4 is 17.5 Å². The second-order valence-electron chi connectivity index (χ2n) is 11.1. The molecule has 2 aromatic carbocycles. The van der Waals surface area contributed by atoms with Gasteiger partial charge in [0.1, 0.15) is 0 Å². The maximum atomic E-state index is 12.6. The number of methoxy groups -OCH3 is 1. The van der Waals surface area contributed by atoms with Gasteiger partial charge < -0.3 is 30.0 Å². The van der Waals surface area contributed by atoms with Crippen molar-refractivity contribution in [2.45, 2.75) is 83.0 Å². The molecule has 2 fully saturated rings. The van der Waals surface area contributed by atoms with Gasteiger partial charge >= 0.3 is 0 Å². The number of nitrogens with one attached hydrogen (secondary N) is 2. The molecule has 2 aliphatic heterocycles. The van der Waals surface area contributed by atoms with E-state index in [9.17, 15) is 14.7 Å². The van der Waals surface area contributed by atoms with E-state index in [0.29, 0.717) is 24.7 Å². The van der Waals surface area contributed by atoms with Crippen molar-refractivity contribution in [2.24, 2.45) is 0 Å². The van der Waals surface area contributed by atoms with Crippen LogP contribution in [0.3, 0.4) is 0 Å². The van der Waals surface area contributed by atoms with Gasteiger partial charge in [-0.2, -0.15) is 0 Å². The molecule has 9 heteroatoms. The van der Waals surface area contributed by atoms with Crippen LogP contribution in [-0.4, -0.2) is 67.3 Å². The summed E-state index contributed by atoms with van der Waals surface area (Å²) in [4.78, 5) is 26.0. The van der Waals surface area contributed by atoms with E-state index in [-0.39, 0.29) is 30.6 Å². The van der Waals surface area contributed by atoms with Crippen LogP contribution in [0.2, 0.25) is 0 Å². The minimum absolute atomic E-state index is 0.00555. The SMILES string of the molecule is COC[C@@H]1CCCN1C[C@@H]1C[C@H](c2ccc(CO)cc2)O[C@H](c2cccc(NC(=O)CCCCCNC(C)=O)c2)O1. The van der Waals surface area contributed by atoms with Crippen LogP contribution >= 0.6 is 0 Å². The predicted molar refractivity (Wildman–Crippen MR) is 157 cm³/mol. The van der Waals surface area contributed by atoms with Crippen LogP contribution in [0.5, 0.6) is 0 Å². The Morgan fingerprint density at radius 3 is 2.66 bits per heavy atom. The van der Waals surface area contributed by atoms with Crippen molar-refractivity contribution < 1.29 is 28.9 Å². The van der Waals surface area contributed by atoms with Crippen molar-refractivity contribution in [3.63, 3.8) is 0 Å². The molecule has 0 spiro atoms. The fourth-order valence-electron chi connectivity index (χ4n) is 5.65. The number of rotatable bonds is 14. The van der Waals surface area contributed by atoms with Gasteiger partial charge in [-0.25, -0.2) is 0 Å². The molecule has 2 aromatic rings. The number of hydrogen-bond acceptors (Lipinski definition) is 7. The summed E-state index contributed by atoms with van der Waals surface area (Å²) < 4.78 is 18.5. The molecule has 2 amide bonds. The molecule has 224 valence electrons. The molecule has 0 bridgehead atoms. The Hall–Kier alpha value is -2.82. The number of nitrogens with zero attached hydrogens (tertiary/aromatic N) is 1. The van der Waals surface area contributed by atoms with Gasteiger partial charge in [-0.15, -0.1) is 0 Å². The van der Waals surface area contributed by atoms with E-state index in [1.165, 1.54) is 6.92 Å². The quantitative estimate of drug-likeness (QED) is 0.289. The van der Waals surface area contributed by atoms with E-state index in [1.807, 2.05) is 48.5 Å². The second-order valence-corrected chi connectivity index (χ2v) is 11.1. The van der Waals surface area contributed by atoms with E-state index >= 15 is 0 Å². The molecule has 4 rings (SSSR count). The molecule has 0 radical (unpaired) electrons. The highest BCUT2D eigenvalue weighted by Gasteiger charge is 2.35. The van der Waals surface area contributed by atoms with Crippen LogP contribution in [0.4, 0.5) is 5.69 Å². The number of amides is 2. The Kier molecular flexibility index (Phi) is 12.1. The van der Waals surface area contributed by atoms with Gasteiger partial charge in [0.2, 0.25) is 11.8 Å². The highest BCUT2D eigenvalue weighted by molar-refractivity contribution is 5.90. The smallest absolute Gasteiger partial charge is 0.224 e. The highest BCUT2D eigenvalue weighted by atomic mass is 16.7. The van der Waals surface area contributed by atoms with Crippen LogP contribution in [0.1, 0.15) is 81.0 Å². The molecular formula is C32H45N3O6. The van der Waals surface area contributed by atoms with Crippen molar-refractivity contribution in [3.05, 3.63) is 65.2 Å². The largest absolute Gasteiger partial charge is 0.392 e. The zero-order valence-corrected chi connectivity index (χ0v) is 24.3. The van der Waals surface area contributed by atoms with E-state index in [1.54, 1.807) is 7.11 Å². The van der Waals surface area contributed by atoms with Crippen LogP contribution in [-0.2, 0) is 30.4 Å². The zero-order chi connectivity index (χ0) is 29.0. The third-order valence-corrected chi connectivity index (χ3v) is 7.81. The summed E-state index contributed by atoms with van der Waals surface area (Å²) in [5.74, 6) is -0.0674. The first kappa shape index (κ1) is 31.1. The number of ether oxygens (including phenoxy) is 3. The first-order valence-electron chi connectivity index (χ1n) is 14.8. The lowest BCUT2D eigenvalue weighted by Crippen LogP contribution is -2.42. The summed E-state index contributed by atoms with van der Waals surface area (Å²) in [7, 11) is 1.75. The number of hydrogen-bond donors (Lipinski definition) is 3. The summed E-state index contributed by atoms with van der Waals surface area (Å²) in [5, 5.41) is 15.3. The van der Waals surface area contributed by atoms with Gasteiger partial charge in [0, 0.05) is 57.3 Å². The van der Waals surface area contributed by atoms with Gasteiger partial charge in [-0.1, -0.05) is 42.8 Å². The molecule has 0 unspecified atom stereocenters. The molecule has 9 nitrogen and oxygen atoms in total. The van der Waals surface area contributed by atoms with Crippen molar-refractivity contribution in [3.8, 4) is 0 Å². The van der Waals surface area contributed by atoms with Crippen molar-refractivity contribution in [2.75, 3.05) is 38.7 Å². The standard InChI is InChI=1S/C32H45N3O6/c1-23(37)33-16-5-3-4-11-31(38)34-27-9-6-8-26(18-27)32-40-29(20-35-17-7-10-28(35)22-39-2)19-30(41-32)25-14-12-24(21-36)13-15-25/h6,8-9,12-15,18,28-30,32,36H,3-5,7,10-11,16-17,19-22H2,1-2H3,(H,33,37)(H,34,38)/t28-,29-,30+,32+/m0/s1. The minimum Gasteiger partial charge on any atom is -0.392 e. The molecule has 0 aromatic heterocycles. The maximum absolute atomic E-state index is 12.6. The first-order valence-corrected chi connectivity index (χ1v) is 14.8. The molecule has 4 atom stereocenters. The third-order valence-electron chi connectivity index (χ3n) is 7.81. The van der Waals surface area contributed by atoms with Crippen LogP contribution in [0.15, 0.2) is 48.5 Å². The number of anilines is 1. The van der Waals surface area contributed by atoms with Crippen molar-refractivity contribution in [1.82, 2.24) is 10.2 Å². The first-order chi connectivity index (χ1) is 19.9. The Morgan fingerprint density at radius 2 is 1.90 bits per heavy atom. The fourth-order valence-corrected chi connectivity index (χ4v) is 5.65. The van der Waals surface area contributed by atoms with Crippen LogP contribution in [0.25, 0.3) is 0 Å². The zero-order valence-electron chi connectivity index (χ0n) is 24.3. The third kappa shape index (κ3) is 9.61. The maximum Gasteiger partial charge on any atom is 0.224 e. The lowest BCUT2D eigenvalue weighted by Gasteiger charge is -2.39. The number of likely N-dealkylation sites (tertiary alicyclic amines) is 1. The summed E-state index contributed by atoms with van der Waals surface area (Å²) in [6.45, 7) is 4.70. The molecule has 0 saturated carbocycles. The van der Waals surface area contributed by atoms with E-state index in [2.05, 4.69) is 15.5 Å². The number of carbonyl (C=O) groups excluding carboxylic acids is 2. The molecular weight excluding hydrogens is 522 g/mol. The van der Waals surface area contributed by atoms with Crippen molar-refractivity contribution in [1.29, 1.82) is 0 Å². The molecule has 2 saturated heterocycles. The summed E-state index contributed by atoms with van der Waals surface area (Å²) in [6.07, 6.45) is 5.15. The monoisotopic (exact) mass is 567 g/mol. The van der Waals surface area contributed by atoms with E-state index in [4.69, 9.17) is 14.2 Å². The Labute approximate surface area is 243 Å². The topological polar surface area (TPSA) is 109 Å². The average molecular weight is 568 g/mol. The van der Waals surface area contributed by atoms with E-state index < -0.39 is 6.29 Å². The number of aliphatic hydroxyl groups excluding tert-OH is 1. The van der Waals surface area contributed by atoms with E-state index in [0.717, 1.165) is 74.9 Å². The van der Waals surface area contributed by atoms with Gasteiger partial charge in [0.25, 0.3) is 0 Å². The second kappa shape index (κ2) is 16.0. The number of carbonyl (C=O) groups is 2. The summed E-state index contributed by atoms with van der Waals surface area (Å²) in [6, 6.07) is 16.0. The van der Waals surface area contributed by atoms with Crippen LogP contribution in [0, 0.1) is 0 Å². The van der Waals surface area contributed by atoms with Crippen LogP contribution < -0.4 is 10.6 Å². The minimum atomic E-state index is -0.578. The molecule has 3 N–H and O–H groups in total. The molecule has 2 aliphatic rings.